The SMILES string of the molecule is CCn1c(-c2ncccc2N)nc2ccccc21. The van der Waals surface area contributed by atoms with Crippen LogP contribution < -0.4 is 5.73 Å². The van der Waals surface area contributed by atoms with Gasteiger partial charge in [-0.3, -0.25) is 4.98 Å². The van der Waals surface area contributed by atoms with Crippen molar-refractivity contribution < 1.29 is 0 Å². The lowest BCUT2D eigenvalue weighted by Gasteiger charge is -2.07. The summed E-state index contributed by atoms with van der Waals surface area (Å²) >= 11 is 0. The molecule has 0 atom stereocenters. The van der Waals surface area contributed by atoms with Crippen molar-refractivity contribution in [3.8, 4) is 11.5 Å². The number of imidazole rings is 1. The number of aromatic nitrogens is 3. The first kappa shape index (κ1) is 10.8. The fourth-order valence-electron chi connectivity index (χ4n) is 2.18. The van der Waals surface area contributed by atoms with E-state index < -0.39 is 0 Å². The first-order chi connectivity index (χ1) is 8.81. The van der Waals surface area contributed by atoms with Crippen molar-refractivity contribution in [2.45, 2.75) is 13.5 Å². The minimum absolute atomic E-state index is 0.655. The van der Waals surface area contributed by atoms with Gasteiger partial charge < -0.3 is 10.3 Å². The van der Waals surface area contributed by atoms with Crippen molar-refractivity contribution in [1.82, 2.24) is 14.5 Å². The van der Waals surface area contributed by atoms with Crippen LogP contribution in [-0.2, 0) is 6.54 Å². The van der Waals surface area contributed by atoms with E-state index in [0.717, 1.165) is 29.1 Å². The first-order valence-electron chi connectivity index (χ1n) is 5.97. The molecular formula is C14H14N4. The second kappa shape index (κ2) is 4.14. The zero-order valence-electron chi connectivity index (χ0n) is 10.2. The quantitative estimate of drug-likeness (QED) is 0.746. The van der Waals surface area contributed by atoms with E-state index in [-0.39, 0.29) is 0 Å². The second-order valence-electron chi connectivity index (χ2n) is 4.11. The molecule has 2 N–H and O–H groups in total. The number of nitrogens with two attached hydrogens (primary N) is 1. The Morgan fingerprint density at radius 2 is 2.00 bits per heavy atom. The topological polar surface area (TPSA) is 56.7 Å². The Hall–Kier alpha value is -2.36. The molecule has 3 rings (SSSR count). The van der Waals surface area contributed by atoms with E-state index in [1.165, 1.54) is 0 Å². The van der Waals surface area contributed by atoms with Gasteiger partial charge in [0.05, 0.1) is 16.7 Å². The van der Waals surface area contributed by atoms with E-state index in [2.05, 4.69) is 27.5 Å². The number of hydrogen-bond donors (Lipinski definition) is 1. The number of rotatable bonds is 2. The summed E-state index contributed by atoms with van der Waals surface area (Å²) in [6.45, 7) is 2.93. The maximum Gasteiger partial charge on any atom is 0.161 e. The lowest BCUT2D eigenvalue weighted by Crippen LogP contribution is -2.01. The summed E-state index contributed by atoms with van der Waals surface area (Å²) in [5, 5.41) is 0. The Bertz CT molecular complexity index is 700. The lowest BCUT2D eigenvalue weighted by atomic mass is 10.3. The second-order valence-corrected chi connectivity index (χ2v) is 4.11. The zero-order chi connectivity index (χ0) is 12.5. The molecule has 0 bridgehead atoms. The molecule has 4 heteroatoms. The number of pyridine rings is 1. The molecular weight excluding hydrogens is 224 g/mol. The molecule has 0 saturated heterocycles. The number of anilines is 1. The summed E-state index contributed by atoms with van der Waals surface area (Å²) in [5.74, 6) is 0.830. The summed E-state index contributed by atoms with van der Waals surface area (Å²) in [6, 6.07) is 11.8. The van der Waals surface area contributed by atoms with E-state index >= 15 is 0 Å². The van der Waals surface area contributed by atoms with Crippen molar-refractivity contribution in [3.05, 3.63) is 42.6 Å². The number of fused-ring (bicyclic) bond motifs is 1. The Balaban J connectivity index is 2.32. The third kappa shape index (κ3) is 1.54. The van der Waals surface area contributed by atoms with Gasteiger partial charge >= 0.3 is 0 Å². The number of benzene rings is 1. The Morgan fingerprint density at radius 3 is 2.78 bits per heavy atom. The van der Waals surface area contributed by atoms with Gasteiger partial charge in [-0.25, -0.2) is 4.98 Å². The van der Waals surface area contributed by atoms with Crippen LogP contribution in [0.2, 0.25) is 0 Å². The average molecular weight is 238 g/mol. The summed E-state index contributed by atoms with van der Waals surface area (Å²) in [5.41, 5.74) is 9.47. The smallest absolute Gasteiger partial charge is 0.161 e. The summed E-state index contributed by atoms with van der Waals surface area (Å²) in [4.78, 5) is 8.98. The van der Waals surface area contributed by atoms with E-state index in [0.29, 0.717) is 5.69 Å². The summed E-state index contributed by atoms with van der Waals surface area (Å²) in [6.07, 6.45) is 1.74. The van der Waals surface area contributed by atoms with Gasteiger partial charge in [0.2, 0.25) is 0 Å². The van der Waals surface area contributed by atoms with Gasteiger partial charge in [0.25, 0.3) is 0 Å². The standard InChI is InChI=1S/C14H14N4/c1-2-18-12-8-4-3-7-11(12)17-14(18)13-10(15)6-5-9-16-13/h3-9H,2,15H2,1H3. The molecule has 0 fully saturated rings. The monoisotopic (exact) mass is 238 g/mol. The lowest BCUT2D eigenvalue weighted by molar-refractivity contribution is 0.793. The molecule has 0 aliphatic rings. The highest BCUT2D eigenvalue weighted by Gasteiger charge is 2.13. The first-order valence-corrected chi connectivity index (χ1v) is 5.97. The van der Waals surface area contributed by atoms with Crippen molar-refractivity contribution in [2.24, 2.45) is 0 Å². The fraction of sp³-hybridized carbons (Fsp3) is 0.143. The summed E-state index contributed by atoms with van der Waals surface area (Å²) < 4.78 is 2.13. The highest BCUT2D eigenvalue weighted by molar-refractivity contribution is 5.82. The van der Waals surface area contributed by atoms with E-state index in [4.69, 9.17) is 5.73 Å². The van der Waals surface area contributed by atoms with Crippen LogP contribution in [0.5, 0.6) is 0 Å². The van der Waals surface area contributed by atoms with E-state index in [1.54, 1.807) is 6.20 Å². The summed E-state index contributed by atoms with van der Waals surface area (Å²) in [7, 11) is 0. The normalized spacial score (nSPS) is 10.9. The largest absolute Gasteiger partial charge is 0.397 e. The molecule has 1 aromatic carbocycles. The van der Waals surface area contributed by atoms with Crippen molar-refractivity contribution in [2.75, 3.05) is 5.73 Å². The molecule has 18 heavy (non-hydrogen) atoms. The maximum absolute atomic E-state index is 5.98. The average Bonchev–Trinajstić information content (AvgIpc) is 2.77. The van der Waals surface area contributed by atoms with Crippen LogP contribution in [0.1, 0.15) is 6.92 Å². The van der Waals surface area contributed by atoms with Gasteiger partial charge in [-0.1, -0.05) is 12.1 Å². The number of nitrogens with zero attached hydrogens (tertiary/aromatic N) is 3. The molecule has 90 valence electrons. The van der Waals surface area contributed by atoms with Gasteiger partial charge in [0, 0.05) is 12.7 Å². The van der Waals surface area contributed by atoms with Gasteiger partial charge in [0.1, 0.15) is 5.69 Å². The minimum atomic E-state index is 0.655. The van der Waals surface area contributed by atoms with E-state index in [9.17, 15) is 0 Å². The predicted molar refractivity (Wildman–Crippen MR) is 73.1 cm³/mol. The van der Waals surface area contributed by atoms with Crippen LogP contribution in [0.3, 0.4) is 0 Å². The highest BCUT2D eigenvalue weighted by atomic mass is 15.1. The molecule has 0 aliphatic carbocycles. The zero-order valence-corrected chi connectivity index (χ0v) is 10.2. The molecule has 2 aromatic heterocycles. The maximum atomic E-state index is 5.98. The van der Waals surface area contributed by atoms with Gasteiger partial charge in [-0.2, -0.15) is 0 Å². The molecule has 0 amide bonds. The van der Waals surface area contributed by atoms with Crippen LogP contribution in [0.25, 0.3) is 22.6 Å². The van der Waals surface area contributed by atoms with Crippen LogP contribution in [-0.4, -0.2) is 14.5 Å². The number of nitrogen functional groups attached to an aromatic ring is 1. The van der Waals surface area contributed by atoms with E-state index in [1.807, 2.05) is 30.3 Å². The van der Waals surface area contributed by atoms with Gasteiger partial charge in [0.15, 0.2) is 5.82 Å². The molecule has 0 spiro atoms. The molecule has 4 nitrogen and oxygen atoms in total. The molecule has 0 radical (unpaired) electrons. The third-order valence-corrected chi connectivity index (χ3v) is 3.02. The highest BCUT2D eigenvalue weighted by Crippen LogP contribution is 2.26. The molecule has 0 saturated carbocycles. The Kier molecular flexibility index (Phi) is 2.48. The Labute approximate surface area is 105 Å². The Morgan fingerprint density at radius 1 is 1.17 bits per heavy atom. The molecule has 0 aliphatic heterocycles. The minimum Gasteiger partial charge on any atom is -0.397 e. The van der Waals surface area contributed by atoms with Crippen molar-refractivity contribution >= 4 is 16.7 Å². The van der Waals surface area contributed by atoms with Crippen molar-refractivity contribution in [3.63, 3.8) is 0 Å². The number of hydrogen-bond acceptors (Lipinski definition) is 3. The van der Waals surface area contributed by atoms with Crippen LogP contribution >= 0.6 is 0 Å². The van der Waals surface area contributed by atoms with Gasteiger partial charge in [-0.05, 0) is 31.2 Å². The van der Waals surface area contributed by atoms with Crippen LogP contribution in [0.15, 0.2) is 42.6 Å². The van der Waals surface area contributed by atoms with Crippen LogP contribution in [0, 0.1) is 0 Å². The van der Waals surface area contributed by atoms with Crippen LogP contribution in [0.4, 0.5) is 5.69 Å². The molecule has 2 heterocycles. The molecule has 0 unspecified atom stereocenters. The third-order valence-electron chi connectivity index (χ3n) is 3.02. The van der Waals surface area contributed by atoms with Gasteiger partial charge in [-0.15, -0.1) is 0 Å². The molecule has 3 aromatic rings. The predicted octanol–water partition coefficient (Wildman–Crippen LogP) is 2.70. The number of para-hydroxylation sites is 2. The van der Waals surface area contributed by atoms with Crippen molar-refractivity contribution in [1.29, 1.82) is 0 Å². The number of aryl methyl sites for hydroxylation is 1. The fourth-order valence-corrected chi connectivity index (χ4v) is 2.18.